The van der Waals surface area contributed by atoms with Crippen LogP contribution in [0.15, 0.2) is 48.8 Å². The number of carboxylic acid groups (broad SMARTS) is 1. The largest absolute Gasteiger partial charge is 0.478 e. The molecule has 7 nitrogen and oxygen atoms in total. The molecule has 0 aliphatic carbocycles. The van der Waals surface area contributed by atoms with E-state index in [9.17, 15) is 14.7 Å². The Morgan fingerprint density at radius 3 is 2.77 bits per heavy atom. The predicted octanol–water partition coefficient (Wildman–Crippen LogP) is 4.75. The summed E-state index contributed by atoms with van der Waals surface area (Å²) in [5, 5.41) is 9.68. The maximum Gasteiger partial charge on any atom is 0.336 e. The molecule has 0 bridgehead atoms. The van der Waals surface area contributed by atoms with Gasteiger partial charge in [0.2, 0.25) is 0 Å². The second-order valence-corrected chi connectivity index (χ2v) is 7.65. The topological polar surface area (TPSA) is 89.5 Å². The molecule has 0 unspecified atom stereocenters. The highest BCUT2D eigenvalue weighted by atomic mass is 35.5. The van der Waals surface area contributed by atoms with Crippen molar-refractivity contribution in [2.75, 3.05) is 0 Å². The fourth-order valence-electron chi connectivity index (χ4n) is 3.62. The number of imidazole rings is 2. The van der Waals surface area contributed by atoms with Gasteiger partial charge in [0.1, 0.15) is 17.2 Å². The van der Waals surface area contributed by atoms with Gasteiger partial charge in [-0.1, -0.05) is 43.1 Å². The summed E-state index contributed by atoms with van der Waals surface area (Å²) in [6, 6.07) is 10.6. The molecule has 0 fully saturated rings. The average Bonchev–Trinajstić information content (AvgIpc) is 3.32. The molecule has 158 valence electrons. The van der Waals surface area contributed by atoms with Crippen molar-refractivity contribution in [3.8, 4) is 11.3 Å². The van der Waals surface area contributed by atoms with Gasteiger partial charge in [0.15, 0.2) is 11.4 Å². The molecular weight excluding hydrogens is 416 g/mol. The quantitative estimate of drug-likeness (QED) is 0.402. The Morgan fingerprint density at radius 1 is 1.23 bits per heavy atom. The monoisotopic (exact) mass is 436 g/mol. The van der Waals surface area contributed by atoms with Crippen molar-refractivity contribution < 1.29 is 14.7 Å². The Hall–Kier alpha value is -3.45. The molecule has 31 heavy (non-hydrogen) atoms. The molecule has 0 saturated carbocycles. The number of unbranched alkanes of at least 4 members (excludes halogenated alkanes) is 1. The lowest BCUT2D eigenvalue weighted by atomic mass is 10.1. The Morgan fingerprint density at radius 2 is 2.03 bits per heavy atom. The number of pyridine rings is 1. The highest BCUT2D eigenvalue weighted by molar-refractivity contribution is 6.31. The van der Waals surface area contributed by atoms with Gasteiger partial charge in [-0.3, -0.25) is 4.79 Å². The Bertz CT molecular complexity index is 1280. The van der Waals surface area contributed by atoms with E-state index in [0.717, 1.165) is 36.9 Å². The van der Waals surface area contributed by atoms with Crippen LogP contribution in [-0.4, -0.2) is 36.3 Å². The molecule has 1 aromatic carbocycles. The van der Waals surface area contributed by atoms with E-state index < -0.39 is 5.97 Å². The SMILES string of the molecule is CCCCc1nc(Cl)c(C=O)n1Cc1ccn2cc(-c3ccccc3C(=O)O)nc2c1. The first-order valence-corrected chi connectivity index (χ1v) is 10.4. The first-order chi connectivity index (χ1) is 15.0. The number of halogens is 1. The lowest BCUT2D eigenvalue weighted by molar-refractivity contribution is 0.0697. The van der Waals surface area contributed by atoms with Gasteiger partial charge in [-0.05, 0) is 30.2 Å². The third-order valence-corrected chi connectivity index (χ3v) is 5.48. The first kappa shape index (κ1) is 20.8. The highest BCUT2D eigenvalue weighted by Crippen LogP contribution is 2.25. The van der Waals surface area contributed by atoms with E-state index in [4.69, 9.17) is 11.6 Å². The zero-order valence-electron chi connectivity index (χ0n) is 17.0. The maximum absolute atomic E-state index is 11.6. The van der Waals surface area contributed by atoms with Crippen LogP contribution in [0.4, 0.5) is 0 Å². The summed E-state index contributed by atoms with van der Waals surface area (Å²) in [4.78, 5) is 32.1. The molecule has 0 aliphatic rings. The lowest BCUT2D eigenvalue weighted by Gasteiger charge is -2.10. The van der Waals surface area contributed by atoms with Crippen LogP contribution < -0.4 is 0 Å². The van der Waals surface area contributed by atoms with Crippen LogP contribution in [0.1, 0.15) is 52.0 Å². The number of aldehydes is 1. The van der Waals surface area contributed by atoms with Crippen molar-refractivity contribution in [3.05, 3.63) is 76.6 Å². The molecule has 4 rings (SSSR count). The number of hydrogen-bond donors (Lipinski definition) is 1. The van der Waals surface area contributed by atoms with Gasteiger partial charge >= 0.3 is 5.97 Å². The predicted molar refractivity (Wildman–Crippen MR) is 118 cm³/mol. The molecule has 3 heterocycles. The van der Waals surface area contributed by atoms with Crippen LogP contribution in [0.2, 0.25) is 5.15 Å². The van der Waals surface area contributed by atoms with Crippen LogP contribution in [0.25, 0.3) is 16.9 Å². The molecule has 0 atom stereocenters. The number of aryl methyl sites for hydroxylation is 1. The molecule has 0 spiro atoms. The summed E-state index contributed by atoms with van der Waals surface area (Å²) in [5.41, 5.74) is 3.33. The van der Waals surface area contributed by atoms with Crippen molar-refractivity contribution in [1.29, 1.82) is 0 Å². The Labute approximate surface area is 183 Å². The van der Waals surface area contributed by atoms with Gasteiger partial charge in [0.25, 0.3) is 0 Å². The number of carbonyl (C=O) groups is 2. The fourth-order valence-corrected chi connectivity index (χ4v) is 3.87. The van der Waals surface area contributed by atoms with E-state index in [0.29, 0.717) is 29.1 Å². The molecule has 1 N–H and O–H groups in total. The van der Waals surface area contributed by atoms with Gasteiger partial charge in [-0.15, -0.1) is 0 Å². The van der Waals surface area contributed by atoms with Gasteiger partial charge in [-0.25, -0.2) is 14.8 Å². The summed E-state index contributed by atoms with van der Waals surface area (Å²) in [6.07, 6.45) is 7.12. The second-order valence-electron chi connectivity index (χ2n) is 7.29. The van der Waals surface area contributed by atoms with Crippen LogP contribution in [-0.2, 0) is 13.0 Å². The number of hydrogen-bond acceptors (Lipinski definition) is 4. The number of aromatic carboxylic acids is 1. The number of carboxylic acids is 1. The molecule has 0 saturated heterocycles. The minimum atomic E-state index is -0.994. The van der Waals surface area contributed by atoms with Crippen molar-refractivity contribution in [2.45, 2.75) is 32.7 Å². The van der Waals surface area contributed by atoms with Crippen molar-refractivity contribution in [2.24, 2.45) is 0 Å². The summed E-state index contributed by atoms with van der Waals surface area (Å²) in [5.74, 6) is -0.209. The van der Waals surface area contributed by atoms with Crippen molar-refractivity contribution in [1.82, 2.24) is 18.9 Å². The maximum atomic E-state index is 11.6. The summed E-state index contributed by atoms with van der Waals surface area (Å²) in [6.45, 7) is 2.54. The van der Waals surface area contributed by atoms with Gasteiger partial charge < -0.3 is 14.1 Å². The molecule has 0 amide bonds. The standard InChI is InChI=1S/C23H21ClN4O3/c1-2-3-8-20-26-22(24)19(14-29)28(20)12-15-9-10-27-13-18(25-21(27)11-15)16-6-4-5-7-17(16)23(30)31/h4-7,9-11,13-14H,2-3,8,12H2,1H3,(H,30,31). The van der Waals surface area contributed by atoms with Gasteiger partial charge in [0.05, 0.1) is 11.3 Å². The molecule has 0 radical (unpaired) electrons. The normalized spacial score (nSPS) is 11.2. The van der Waals surface area contributed by atoms with E-state index in [1.165, 1.54) is 0 Å². The summed E-state index contributed by atoms with van der Waals surface area (Å²) >= 11 is 6.17. The van der Waals surface area contributed by atoms with Gasteiger partial charge in [-0.2, -0.15) is 0 Å². The van der Waals surface area contributed by atoms with E-state index in [-0.39, 0.29) is 10.7 Å². The molecular formula is C23H21ClN4O3. The molecule has 4 aromatic rings. The van der Waals surface area contributed by atoms with E-state index in [2.05, 4.69) is 16.9 Å². The smallest absolute Gasteiger partial charge is 0.336 e. The van der Waals surface area contributed by atoms with E-state index in [1.807, 2.05) is 27.3 Å². The number of fused-ring (bicyclic) bond motifs is 1. The Kier molecular flexibility index (Phi) is 5.86. The minimum Gasteiger partial charge on any atom is -0.478 e. The average molecular weight is 437 g/mol. The zero-order chi connectivity index (χ0) is 22.0. The van der Waals surface area contributed by atoms with E-state index in [1.54, 1.807) is 30.5 Å². The van der Waals surface area contributed by atoms with E-state index >= 15 is 0 Å². The lowest BCUT2D eigenvalue weighted by Crippen LogP contribution is -2.09. The third kappa shape index (κ3) is 4.09. The van der Waals surface area contributed by atoms with Gasteiger partial charge in [0, 0.05) is 30.9 Å². The summed E-state index contributed by atoms with van der Waals surface area (Å²) in [7, 11) is 0. The highest BCUT2D eigenvalue weighted by Gasteiger charge is 2.17. The van der Waals surface area contributed by atoms with Crippen LogP contribution in [0, 0.1) is 0 Å². The number of aromatic nitrogens is 4. The third-order valence-electron chi connectivity index (χ3n) is 5.21. The molecule has 3 aromatic heterocycles. The number of benzene rings is 1. The van der Waals surface area contributed by atoms with Crippen LogP contribution >= 0.6 is 11.6 Å². The van der Waals surface area contributed by atoms with Crippen molar-refractivity contribution >= 4 is 29.5 Å². The second kappa shape index (κ2) is 8.73. The van der Waals surface area contributed by atoms with Crippen molar-refractivity contribution in [3.63, 3.8) is 0 Å². The fraction of sp³-hybridized carbons (Fsp3) is 0.217. The van der Waals surface area contributed by atoms with Crippen LogP contribution in [0.3, 0.4) is 0 Å². The molecule has 8 heteroatoms. The minimum absolute atomic E-state index is 0.204. The first-order valence-electron chi connectivity index (χ1n) is 10.0. The number of nitrogens with zero attached hydrogens (tertiary/aromatic N) is 4. The molecule has 0 aliphatic heterocycles. The number of rotatable bonds is 8. The Balaban J connectivity index is 1.71. The zero-order valence-corrected chi connectivity index (χ0v) is 17.7. The number of carbonyl (C=O) groups excluding carboxylic acids is 1. The summed E-state index contributed by atoms with van der Waals surface area (Å²) < 4.78 is 3.69. The van der Waals surface area contributed by atoms with Crippen LogP contribution in [0.5, 0.6) is 0 Å².